The highest BCUT2D eigenvalue weighted by Crippen LogP contribution is 2.17. The van der Waals surface area contributed by atoms with Gasteiger partial charge in [0.05, 0.1) is 18.8 Å². The zero-order valence-corrected chi connectivity index (χ0v) is 16.1. The fourth-order valence-corrected chi connectivity index (χ4v) is 2.13. The third kappa shape index (κ3) is 9.02. The molecule has 0 spiro atoms. The third-order valence-corrected chi connectivity index (χ3v) is 3.37. The van der Waals surface area contributed by atoms with Crippen LogP contribution in [0.1, 0.15) is 37.0 Å². The van der Waals surface area contributed by atoms with Crippen LogP contribution in [0.25, 0.3) is 0 Å². The maximum Gasteiger partial charge on any atom is 0.325 e. The summed E-state index contributed by atoms with van der Waals surface area (Å²) < 4.78 is 14.9. The predicted octanol–water partition coefficient (Wildman–Crippen LogP) is 0.818. The van der Waals surface area contributed by atoms with E-state index in [4.69, 9.17) is 14.2 Å². The molecule has 0 fully saturated rings. The van der Waals surface area contributed by atoms with Crippen LogP contribution in [-0.4, -0.2) is 56.7 Å². The van der Waals surface area contributed by atoms with Crippen LogP contribution in [0.3, 0.4) is 0 Å². The summed E-state index contributed by atoms with van der Waals surface area (Å²) in [6, 6.07) is 6.65. The quantitative estimate of drug-likeness (QED) is 0.398. The lowest BCUT2D eigenvalue weighted by atomic mass is 10.2. The van der Waals surface area contributed by atoms with Crippen LogP contribution < -0.4 is 15.4 Å². The van der Waals surface area contributed by atoms with Gasteiger partial charge < -0.3 is 24.8 Å². The highest BCUT2D eigenvalue weighted by molar-refractivity contribution is 5.98. The molecule has 0 saturated carbocycles. The zero-order valence-electron chi connectivity index (χ0n) is 16.1. The van der Waals surface area contributed by atoms with Crippen molar-refractivity contribution in [2.45, 2.75) is 26.7 Å². The molecule has 1 rings (SSSR count). The largest absolute Gasteiger partial charge is 0.493 e. The van der Waals surface area contributed by atoms with Gasteiger partial charge in [0.1, 0.15) is 12.3 Å². The van der Waals surface area contributed by atoms with E-state index >= 15 is 0 Å². The summed E-state index contributed by atoms with van der Waals surface area (Å²) >= 11 is 0. The second-order valence-electron chi connectivity index (χ2n) is 5.53. The molecule has 0 bridgehead atoms. The number of benzene rings is 1. The lowest BCUT2D eigenvalue weighted by Gasteiger charge is -2.10. The molecule has 1 aromatic rings. The summed E-state index contributed by atoms with van der Waals surface area (Å²) in [5.74, 6) is -1.64. The van der Waals surface area contributed by atoms with Gasteiger partial charge in [0.2, 0.25) is 0 Å². The first-order valence-corrected chi connectivity index (χ1v) is 9.05. The first-order valence-electron chi connectivity index (χ1n) is 9.05. The van der Waals surface area contributed by atoms with E-state index in [1.165, 1.54) is 0 Å². The Balaban J connectivity index is 2.25. The Kier molecular flexibility index (Phi) is 10.8. The van der Waals surface area contributed by atoms with Crippen molar-refractivity contribution in [3.05, 3.63) is 29.8 Å². The van der Waals surface area contributed by atoms with Crippen LogP contribution in [0.4, 0.5) is 0 Å². The van der Waals surface area contributed by atoms with Gasteiger partial charge in [-0.3, -0.25) is 19.2 Å². The van der Waals surface area contributed by atoms with Crippen LogP contribution >= 0.6 is 0 Å². The van der Waals surface area contributed by atoms with E-state index in [9.17, 15) is 19.2 Å². The van der Waals surface area contributed by atoms with E-state index in [1.54, 1.807) is 38.1 Å². The van der Waals surface area contributed by atoms with E-state index in [2.05, 4.69) is 10.6 Å². The van der Waals surface area contributed by atoms with Crippen LogP contribution in [-0.2, 0) is 23.9 Å². The summed E-state index contributed by atoms with van der Waals surface area (Å²) in [5.41, 5.74) is 0.302. The van der Waals surface area contributed by atoms with Gasteiger partial charge >= 0.3 is 11.9 Å². The Morgan fingerprint density at radius 3 is 2.39 bits per heavy atom. The van der Waals surface area contributed by atoms with Crippen LogP contribution in [0, 0.1) is 0 Å². The molecule has 0 heterocycles. The second-order valence-corrected chi connectivity index (χ2v) is 5.53. The molecule has 0 aromatic heterocycles. The zero-order chi connectivity index (χ0) is 20.8. The summed E-state index contributed by atoms with van der Waals surface area (Å²) in [4.78, 5) is 46.5. The minimum absolute atomic E-state index is 0.198. The molecule has 9 heteroatoms. The van der Waals surface area contributed by atoms with Gasteiger partial charge in [0.15, 0.2) is 6.61 Å². The van der Waals surface area contributed by atoms with Crippen molar-refractivity contribution >= 4 is 23.8 Å². The number of hydrogen-bond donors (Lipinski definition) is 2. The van der Waals surface area contributed by atoms with Gasteiger partial charge in [-0.1, -0.05) is 12.1 Å². The number of carbonyl (C=O) groups excluding carboxylic acids is 4. The average Bonchev–Trinajstić information content (AvgIpc) is 2.68. The Labute approximate surface area is 163 Å². The van der Waals surface area contributed by atoms with Gasteiger partial charge in [-0.05, 0) is 32.4 Å². The molecule has 0 atom stereocenters. The molecule has 9 nitrogen and oxygen atoms in total. The van der Waals surface area contributed by atoms with Crippen molar-refractivity contribution in [3.63, 3.8) is 0 Å². The SMILES string of the molecule is CCOC(=O)CCCNC(=O)COC(=O)CNC(=O)c1ccccc1OCC. The Hall–Kier alpha value is -3.10. The van der Waals surface area contributed by atoms with Crippen molar-refractivity contribution in [1.29, 1.82) is 0 Å². The van der Waals surface area contributed by atoms with E-state index in [-0.39, 0.29) is 25.5 Å². The number of para-hydroxylation sites is 1. The highest BCUT2D eigenvalue weighted by Gasteiger charge is 2.14. The molecule has 0 aliphatic carbocycles. The molecule has 0 aliphatic heterocycles. The van der Waals surface area contributed by atoms with Crippen molar-refractivity contribution in [2.24, 2.45) is 0 Å². The minimum Gasteiger partial charge on any atom is -0.493 e. The molecule has 154 valence electrons. The van der Waals surface area contributed by atoms with Gasteiger partial charge in [0.25, 0.3) is 11.8 Å². The smallest absolute Gasteiger partial charge is 0.325 e. The van der Waals surface area contributed by atoms with Crippen LogP contribution in [0.2, 0.25) is 0 Å². The lowest BCUT2D eigenvalue weighted by molar-refractivity contribution is -0.147. The Morgan fingerprint density at radius 1 is 0.929 bits per heavy atom. The number of ether oxygens (including phenoxy) is 3. The lowest BCUT2D eigenvalue weighted by Crippen LogP contribution is -2.34. The second kappa shape index (κ2) is 13.1. The molecule has 1 aromatic carbocycles. The standard InChI is InChI=1S/C19H26N2O7/c1-3-26-15-9-6-5-8-14(15)19(25)21-12-18(24)28-13-16(22)20-11-7-10-17(23)27-4-2/h5-6,8-9H,3-4,7,10-13H2,1-2H3,(H,20,22)(H,21,25). The van der Waals surface area contributed by atoms with Gasteiger partial charge in [0, 0.05) is 13.0 Å². The molecule has 0 unspecified atom stereocenters. The normalized spacial score (nSPS) is 9.93. The summed E-state index contributed by atoms with van der Waals surface area (Å²) in [7, 11) is 0. The molecule has 2 amide bonds. The Bertz CT molecular complexity index is 676. The average molecular weight is 394 g/mol. The minimum atomic E-state index is -0.746. The summed E-state index contributed by atoms with van der Waals surface area (Å²) in [5, 5.41) is 4.94. The van der Waals surface area contributed by atoms with Crippen molar-refractivity contribution in [3.8, 4) is 5.75 Å². The maximum atomic E-state index is 12.1. The molecule has 0 saturated heterocycles. The summed E-state index contributed by atoms with van der Waals surface area (Å²) in [6.07, 6.45) is 0.622. The molecule has 0 radical (unpaired) electrons. The predicted molar refractivity (Wildman–Crippen MR) is 99.8 cm³/mol. The molecular formula is C19H26N2O7. The monoisotopic (exact) mass is 394 g/mol. The highest BCUT2D eigenvalue weighted by atomic mass is 16.5. The fourth-order valence-electron chi connectivity index (χ4n) is 2.13. The Morgan fingerprint density at radius 2 is 1.68 bits per heavy atom. The fraction of sp³-hybridized carbons (Fsp3) is 0.474. The van der Waals surface area contributed by atoms with Crippen LogP contribution in [0.15, 0.2) is 24.3 Å². The van der Waals surface area contributed by atoms with E-state index < -0.39 is 24.4 Å². The maximum absolute atomic E-state index is 12.1. The molecule has 28 heavy (non-hydrogen) atoms. The van der Waals surface area contributed by atoms with E-state index in [0.717, 1.165) is 0 Å². The van der Waals surface area contributed by atoms with Crippen molar-refractivity contribution < 1.29 is 33.4 Å². The number of hydrogen-bond acceptors (Lipinski definition) is 7. The van der Waals surface area contributed by atoms with Crippen LogP contribution in [0.5, 0.6) is 5.75 Å². The van der Waals surface area contributed by atoms with E-state index in [0.29, 0.717) is 30.9 Å². The molecular weight excluding hydrogens is 368 g/mol. The molecule has 0 aliphatic rings. The van der Waals surface area contributed by atoms with Crippen molar-refractivity contribution in [1.82, 2.24) is 10.6 Å². The number of carbonyl (C=O) groups is 4. The summed E-state index contributed by atoms with van der Waals surface area (Å²) in [6.45, 7) is 3.65. The molecule has 2 N–H and O–H groups in total. The van der Waals surface area contributed by atoms with E-state index in [1.807, 2.05) is 0 Å². The van der Waals surface area contributed by atoms with Crippen molar-refractivity contribution in [2.75, 3.05) is 32.9 Å². The number of esters is 2. The first-order chi connectivity index (χ1) is 13.5. The van der Waals surface area contributed by atoms with Gasteiger partial charge in [-0.2, -0.15) is 0 Å². The topological polar surface area (TPSA) is 120 Å². The third-order valence-electron chi connectivity index (χ3n) is 3.37. The number of amides is 2. The number of nitrogens with one attached hydrogen (secondary N) is 2. The van der Waals surface area contributed by atoms with Gasteiger partial charge in [-0.15, -0.1) is 0 Å². The van der Waals surface area contributed by atoms with Gasteiger partial charge in [-0.25, -0.2) is 0 Å². The first kappa shape index (κ1) is 22.9. The number of rotatable bonds is 12.